The van der Waals surface area contributed by atoms with Crippen molar-refractivity contribution >= 4 is 6.09 Å². The van der Waals surface area contributed by atoms with E-state index >= 15 is 0 Å². The molecule has 6 nitrogen and oxygen atoms in total. The zero-order valence-corrected chi connectivity index (χ0v) is 20.0. The highest BCUT2D eigenvalue weighted by molar-refractivity contribution is 5.69. The summed E-state index contributed by atoms with van der Waals surface area (Å²) in [6, 6.07) is 19.7. The summed E-state index contributed by atoms with van der Waals surface area (Å²) in [7, 11) is 0. The lowest BCUT2D eigenvalue weighted by Gasteiger charge is -2.44. The van der Waals surface area contributed by atoms with Crippen LogP contribution in [0.3, 0.4) is 0 Å². The number of nitrogens with one attached hydrogen (secondary N) is 1. The zero-order valence-electron chi connectivity index (χ0n) is 20.0. The maximum absolute atomic E-state index is 13.0. The highest BCUT2D eigenvalue weighted by Gasteiger charge is 2.45. The van der Waals surface area contributed by atoms with Crippen LogP contribution in [0.4, 0.5) is 4.79 Å². The largest absolute Gasteiger partial charge is 0.438 e. The molecule has 0 aliphatic carbocycles. The second kappa shape index (κ2) is 9.47. The van der Waals surface area contributed by atoms with Gasteiger partial charge in [-0.05, 0) is 55.5 Å². The summed E-state index contributed by atoms with van der Waals surface area (Å²) in [4.78, 5) is 29.3. The van der Waals surface area contributed by atoms with Gasteiger partial charge in [0.25, 0.3) is 5.56 Å². The SMILES string of the molecule is Cc1c(-c2ccc(CCN3CC[C@](CC(C)(C)O)(c4ccccc4)OC3=O)cc2)cc[nH]c1=O. The Morgan fingerprint density at radius 3 is 2.41 bits per heavy atom. The third-order valence-electron chi connectivity index (χ3n) is 6.49. The fraction of sp³-hybridized carbons (Fsp3) is 0.357. The number of pyridine rings is 1. The Kier molecular flexibility index (Phi) is 6.62. The smallest absolute Gasteiger partial charge is 0.410 e. The molecule has 2 heterocycles. The zero-order chi connectivity index (χ0) is 24.3. The number of ether oxygens (including phenoxy) is 1. The first-order valence-corrected chi connectivity index (χ1v) is 11.7. The summed E-state index contributed by atoms with van der Waals surface area (Å²) in [6.07, 6.45) is 2.97. The van der Waals surface area contributed by atoms with Crippen LogP contribution in [0.25, 0.3) is 11.1 Å². The van der Waals surface area contributed by atoms with Gasteiger partial charge in [0.2, 0.25) is 0 Å². The number of aromatic amines is 1. The standard InChI is InChI=1S/C28H32N2O4/c1-20-24(13-16-29-25(20)31)22-11-9-21(10-12-22)14-17-30-18-15-28(34-26(30)32,19-27(2,3)33)23-7-5-4-6-8-23/h4-13,16,33H,14-15,17-19H2,1-3H3,(H,29,31)/t28-/m0/s1. The number of H-pyrrole nitrogens is 1. The van der Waals surface area contributed by atoms with E-state index in [1.54, 1.807) is 24.9 Å². The van der Waals surface area contributed by atoms with Gasteiger partial charge in [-0.3, -0.25) is 4.79 Å². The predicted molar refractivity (Wildman–Crippen MR) is 133 cm³/mol. The molecular formula is C28H32N2O4. The number of benzene rings is 2. The van der Waals surface area contributed by atoms with Gasteiger partial charge >= 0.3 is 6.09 Å². The van der Waals surface area contributed by atoms with E-state index in [9.17, 15) is 14.7 Å². The third-order valence-corrected chi connectivity index (χ3v) is 6.49. The van der Waals surface area contributed by atoms with Crippen molar-refractivity contribution in [2.45, 2.75) is 51.2 Å². The molecule has 1 atom stereocenters. The summed E-state index contributed by atoms with van der Waals surface area (Å²) in [5, 5.41) is 10.5. The van der Waals surface area contributed by atoms with Crippen molar-refractivity contribution in [2.75, 3.05) is 13.1 Å². The molecule has 0 unspecified atom stereocenters. The van der Waals surface area contributed by atoms with E-state index in [1.807, 2.05) is 67.6 Å². The second-order valence-electron chi connectivity index (χ2n) is 9.75. The summed E-state index contributed by atoms with van der Waals surface area (Å²) in [5.74, 6) is 0. The molecule has 1 amide bonds. The van der Waals surface area contributed by atoms with Crippen molar-refractivity contribution in [1.29, 1.82) is 0 Å². The number of aromatic nitrogens is 1. The van der Waals surface area contributed by atoms with Gasteiger partial charge in [0.1, 0.15) is 5.60 Å². The van der Waals surface area contributed by atoms with E-state index in [1.165, 1.54) is 0 Å². The Hall–Kier alpha value is -3.38. The molecule has 1 saturated heterocycles. The Morgan fingerprint density at radius 1 is 1.06 bits per heavy atom. The molecule has 1 aromatic heterocycles. The molecule has 1 aliphatic heterocycles. The molecule has 1 aliphatic rings. The maximum atomic E-state index is 13.0. The first-order chi connectivity index (χ1) is 16.2. The Labute approximate surface area is 200 Å². The fourth-order valence-corrected chi connectivity index (χ4v) is 4.75. The van der Waals surface area contributed by atoms with Crippen molar-refractivity contribution in [3.05, 3.63) is 93.9 Å². The lowest BCUT2D eigenvalue weighted by Crippen LogP contribution is -2.51. The minimum absolute atomic E-state index is 0.0821. The van der Waals surface area contributed by atoms with Crippen molar-refractivity contribution in [2.24, 2.45) is 0 Å². The summed E-state index contributed by atoms with van der Waals surface area (Å²) in [5.41, 5.74) is 2.73. The number of carbonyl (C=O) groups excluding carboxylic acids is 1. The molecule has 2 aromatic carbocycles. The van der Waals surface area contributed by atoms with Gasteiger partial charge in [0.15, 0.2) is 0 Å². The van der Waals surface area contributed by atoms with Crippen LogP contribution in [0.1, 0.15) is 43.4 Å². The number of nitrogens with zero attached hydrogens (tertiary/aromatic N) is 1. The molecule has 2 N–H and O–H groups in total. The van der Waals surface area contributed by atoms with Gasteiger partial charge in [0, 0.05) is 37.7 Å². The number of hydrogen-bond acceptors (Lipinski definition) is 4. The number of aliphatic hydroxyl groups is 1. The molecule has 0 saturated carbocycles. The van der Waals surface area contributed by atoms with Crippen molar-refractivity contribution in [3.8, 4) is 11.1 Å². The molecular weight excluding hydrogens is 428 g/mol. The monoisotopic (exact) mass is 460 g/mol. The Bertz CT molecular complexity index is 1200. The first kappa shape index (κ1) is 23.8. The average Bonchev–Trinajstić information content (AvgIpc) is 2.80. The van der Waals surface area contributed by atoms with Gasteiger partial charge in [0.05, 0.1) is 5.60 Å². The lowest BCUT2D eigenvalue weighted by molar-refractivity contribution is -0.0960. The predicted octanol–water partition coefficient (Wildman–Crippen LogP) is 4.79. The van der Waals surface area contributed by atoms with Gasteiger partial charge in [-0.2, -0.15) is 0 Å². The highest BCUT2D eigenvalue weighted by atomic mass is 16.6. The van der Waals surface area contributed by atoms with E-state index in [2.05, 4.69) is 4.98 Å². The molecule has 6 heteroatoms. The molecule has 0 spiro atoms. The van der Waals surface area contributed by atoms with Gasteiger partial charge in [-0.25, -0.2) is 4.79 Å². The van der Waals surface area contributed by atoms with Crippen molar-refractivity contribution in [1.82, 2.24) is 9.88 Å². The average molecular weight is 461 g/mol. The molecule has 3 aromatic rings. The van der Waals surface area contributed by atoms with Crippen LogP contribution in [-0.2, 0) is 16.8 Å². The molecule has 1 fully saturated rings. The number of cyclic esters (lactones) is 1. The minimum Gasteiger partial charge on any atom is -0.438 e. The third kappa shape index (κ3) is 5.23. The van der Waals surface area contributed by atoms with Crippen LogP contribution >= 0.6 is 0 Å². The maximum Gasteiger partial charge on any atom is 0.410 e. The summed E-state index contributed by atoms with van der Waals surface area (Å²) in [6.45, 7) is 6.42. The van der Waals surface area contributed by atoms with Crippen LogP contribution in [0, 0.1) is 6.92 Å². The quantitative estimate of drug-likeness (QED) is 0.531. The second-order valence-corrected chi connectivity index (χ2v) is 9.75. The topological polar surface area (TPSA) is 82.6 Å². The van der Waals surface area contributed by atoms with E-state index < -0.39 is 11.2 Å². The van der Waals surface area contributed by atoms with E-state index in [0.29, 0.717) is 37.9 Å². The normalized spacial score (nSPS) is 18.6. The summed E-state index contributed by atoms with van der Waals surface area (Å²) >= 11 is 0. The first-order valence-electron chi connectivity index (χ1n) is 11.7. The number of amides is 1. The van der Waals surface area contributed by atoms with Crippen LogP contribution in [0.2, 0.25) is 0 Å². The molecule has 34 heavy (non-hydrogen) atoms. The number of carbonyl (C=O) groups is 1. The van der Waals surface area contributed by atoms with Crippen LogP contribution in [0.15, 0.2) is 71.7 Å². The van der Waals surface area contributed by atoms with E-state index in [4.69, 9.17) is 4.74 Å². The van der Waals surface area contributed by atoms with Gasteiger partial charge in [-0.1, -0.05) is 54.6 Å². The highest BCUT2D eigenvalue weighted by Crippen LogP contribution is 2.40. The molecule has 0 radical (unpaired) electrons. The van der Waals surface area contributed by atoms with Crippen molar-refractivity contribution in [3.63, 3.8) is 0 Å². The molecule has 4 rings (SSSR count). The fourth-order valence-electron chi connectivity index (χ4n) is 4.75. The molecule has 0 bridgehead atoms. The van der Waals surface area contributed by atoms with Crippen LogP contribution in [0.5, 0.6) is 0 Å². The van der Waals surface area contributed by atoms with Gasteiger partial charge in [-0.15, -0.1) is 0 Å². The number of hydrogen-bond donors (Lipinski definition) is 2. The Morgan fingerprint density at radius 2 is 1.76 bits per heavy atom. The Balaban J connectivity index is 1.43. The number of rotatable bonds is 7. The van der Waals surface area contributed by atoms with Crippen molar-refractivity contribution < 1.29 is 14.6 Å². The van der Waals surface area contributed by atoms with Crippen LogP contribution in [-0.4, -0.2) is 39.8 Å². The van der Waals surface area contributed by atoms with Gasteiger partial charge < -0.3 is 19.7 Å². The molecule has 178 valence electrons. The van der Waals surface area contributed by atoms with E-state index in [-0.39, 0.29) is 11.7 Å². The lowest BCUT2D eigenvalue weighted by atomic mass is 9.80. The summed E-state index contributed by atoms with van der Waals surface area (Å²) < 4.78 is 6.03. The van der Waals surface area contributed by atoms with Crippen LogP contribution < -0.4 is 5.56 Å². The minimum atomic E-state index is -0.970. The van der Waals surface area contributed by atoms with E-state index in [0.717, 1.165) is 22.3 Å².